The Hall–Kier alpha value is -2.32. The van der Waals surface area contributed by atoms with Crippen LogP contribution in [0.1, 0.15) is 41.6 Å². The molecule has 8 heteroatoms. The van der Waals surface area contributed by atoms with E-state index in [-0.39, 0.29) is 27.9 Å². The third-order valence-electron chi connectivity index (χ3n) is 5.59. The van der Waals surface area contributed by atoms with E-state index in [0.717, 1.165) is 11.6 Å². The predicted molar refractivity (Wildman–Crippen MR) is 112 cm³/mol. The smallest absolute Gasteiger partial charge is 0.337 e. The summed E-state index contributed by atoms with van der Waals surface area (Å²) < 4.78 is 41.2. The number of rotatable bonds is 4. The van der Waals surface area contributed by atoms with Crippen LogP contribution in [0, 0.1) is 17.0 Å². The summed E-state index contributed by atoms with van der Waals surface area (Å²) in [6, 6.07) is 7.34. The van der Waals surface area contributed by atoms with Crippen molar-refractivity contribution in [3.05, 3.63) is 63.4 Å². The lowest BCUT2D eigenvalue weighted by atomic mass is 9.87. The highest BCUT2D eigenvalue weighted by Gasteiger charge is 2.39. The predicted octanol–water partition coefficient (Wildman–Crippen LogP) is 5.05. The molecule has 4 rings (SSSR count). The van der Waals surface area contributed by atoms with Gasteiger partial charge in [0.15, 0.2) is 0 Å². The molecule has 0 bridgehead atoms. The highest BCUT2D eigenvalue weighted by atomic mass is 79.9. The zero-order chi connectivity index (χ0) is 21.6. The van der Waals surface area contributed by atoms with Crippen LogP contribution in [0.15, 0.2) is 34.8 Å². The number of nitrogens with zero attached hydrogens (tertiary/aromatic N) is 2. The summed E-state index contributed by atoms with van der Waals surface area (Å²) in [5.74, 6) is -0.920. The number of halogens is 3. The normalized spacial score (nSPS) is 18.1. The van der Waals surface area contributed by atoms with E-state index < -0.39 is 17.6 Å². The molecule has 3 aromatic rings. The van der Waals surface area contributed by atoms with Crippen LogP contribution in [0.3, 0.4) is 0 Å². The van der Waals surface area contributed by atoms with Crippen molar-refractivity contribution < 1.29 is 23.0 Å². The van der Waals surface area contributed by atoms with Crippen LogP contribution in [0.25, 0.3) is 11.0 Å². The molecule has 1 atom stereocenters. The van der Waals surface area contributed by atoms with Crippen molar-refractivity contribution in [1.29, 1.82) is 0 Å². The summed E-state index contributed by atoms with van der Waals surface area (Å²) in [6.07, 6.45) is 0.102. The second-order valence-electron chi connectivity index (χ2n) is 8.15. The van der Waals surface area contributed by atoms with Crippen molar-refractivity contribution in [2.45, 2.75) is 26.3 Å². The zero-order valence-electron chi connectivity index (χ0n) is 16.8. The van der Waals surface area contributed by atoms with Crippen molar-refractivity contribution in [3.8, 4) is 0 Å². The first-order valence-corrected chi connectivity index (χ1v) is 10.3. The molecule has 0 unspecified atom stereocenters. The van der Waals surface area contributed by atoms with E-state index in [2.05, 4.69) is 29.8 Å². The van der Waals surface area contributed by atoms with Crippen molar-refractivity contribution in [2.75, 3.05) is 20.3 Å². The van der Waals surface area contributed by atoms with Gasteiger partial charge in [0.2, 0.25) is 0 Å². The van der Waals surface area contributed by atoms with Crippen LogP contribution in [-0.4, -0.2) is 35.8 Å². The van der Waals surface area contributed by atoms with Crippen LogP contribution in [0.5, 0.6) is 0 Å². The average Bonchev–Trinajstić information content (AvgIpc) is 3.22. The third kappa shape index (κ3) is 3.63. The van der Waals surface area contributed by atoms with E-state index in [0.29, 0.717) is 30.1 Å². The quantitative estimate of drug-likeness (QED) is 0.388. The number of benzene rings is 2. The number of aromatic nitrogens is 2. The largest absolute Gasteiger partial charge is 0.465 e. The number of hydrogen-bond donors (Lipinski definition) is 0. The van der Waals surface area contributed by atoms with Crippen molar-refractivity contribution >= 4 is 32.9 Å². The number of methoxy groups -OCH3 is 1. The van der Waals surface area contributed by atoms with Crippen LogP contribution in [-0.2, 0) is 15.9 Å². The molecule has 0 amide bonds. The molecule has 158 valence electrons. The molecule has 1 fully saturated rings. The minimum absolute atomic E-state index is 0.0744. The van der Waals surface area contributed by atoms with Crippen molar-refractivity contribution in [2.24, 2.45) is 5.41 Å². The summed E-state index contributed by atoms with van der Waals surface area (Å²) in [4.78, 5) is 16.7. The maximum atomic E-state index is 14.5. The number of fused-ring (bicyclic) bond motifs is 1. The molecule has 2 aromatic carbocycles. The van der Waals surface area contributed by atoms with Crippen LogP contribution in [0.4, 0.5) is 8.78 Å². The second kappa shape index (κ2) is 7.74. The van der Waals surface area contributed by atoms with Gasteiger partial charge in [0, 0.05) is 11.8 Å². The first kappa shape index (κ1) is 20.9. The van der Waals surface area contributed by atoms with Gasteiger partial charge in [-0.15, -0.1) is 0 Å². The molecule has 0 saturated carbocycles. The molecular weight excluding hydrogens is 458 g/mol. The van der Waals surface area contributed by atoms with Gasteiger partial charge < -0.3 is 14.0 Å². The Morgan fingerprint density at radius 3 is 2.73 bits per heavy atom. The van der Waals surface area contributed by atoms with Crippen LogP contribution in [0.2, 0.25) is 0 Å². The molecule has 0 spiro atoms. The Labute approximate surface area is 181 Å². The van der Waals surface area contributed by atoms with Gasteiger partial charge in [0.25, 0.3) is 0 Å². The van der Waals surface area contributed by atoms with Crippen molar-refractivity contribution in [3.63, 3.8) is 0 Å². The van der Waals surface area contributed by atoms with E-state index in [1.165, 1.54) is 13.2 Å². The minimum atomic E-state index is -0.536. The molecule has 0 N–H and O–H groups in total. The number of hydrogen-bond acceptors (Lipinski definition) is 4. The Balaban J connectivity index is 1.89. The van der Waals surface area contributed by atoms with E-state index in [1.54, 1.807) is 18.2 Å². The second-order valence-corrected chi connectivity index (χ2v) is 9.00. The molecule has 0 aliphatic carbocycles. The van der Waals surface area contributed by atoms with E-state index in [4.69, 9.17) is 14.5 Å². The lowest BCUT2D eigenvalue weighted by molar-refractivity contribution is 0.0601. The fourth-order valence-corrected chi connectivity index (χ4v) is 4.22. The lowest BCUT2D eigenvalue weighted by Crippen LogP contribution is -2.27. The van der Waals surface area contributed by atoms with Gasteiger partial charge in [-0.1, -0.05) is 13.8 Å². The summed E-state index contributed by atoms with van der Waals surface area (Å²) in [5, 5.41) is 0. The van der Waals surface area contributed by atoms with Gasteiger partial charge in [0.1, 0.15) is 17.5 Å². The van der Waals surface area contributed by atoms with Gasteiger partial charge in [-0.25, -0.2) is 18.6 Å². The molecule has 1 aliphatic rings. The van der Waals surface area contributed by atoms with Gasteiger partial charge in [-0.3, -0.25) is 0 Å². The average molecular weight is 479 g/mol. The Morgan fingerprint density at radius 2 is 2.07 bits per heavy atom. The maximum Gasteiger partial charge on any atom is 0.337 e. The first-order valence-electron chi connectivity index (χ1n) is 9.51. The van der Waals surface area contributed by atoms with Crippen LogP contribution >= 0.6 is 15.9 Å². The molecule has 1 aliphatic heterocycles. The van der Waals surface area contributed by atoms with Crippen molar-refractivity contribution in [1.82, 2.24) is 9.55 Å². The Kier molecular flexibility index (Phi) is 5.40. The molecule has 30 heavy (non-hydrogen) atoms. The maximum absolute atomic E-state index is 14.5. The lowest BCUT2D eigenvalue weighted by Gasteiger charge is -2.28. The Bertz CT molecular complexity index is 1140. The zero-order valence-corrected chi connectivity index (χ0v) is 18.4. The third-order valence-corrected chi connectivity index (χ3v) is 6.19. The van der Waals surface area contributed by atoms with E-state index in [1.807, 2.05) is 4.57 Å². The highest BCUT2D eigenvalue weighted by Crippen LogP contribution is 2.40. The van der Waals surface area contributed by atoms with Gasteiger partial charge in [-0.2, -0.15) is 0 Å². The standard InChI is InChI=1S/C22H21BrF2N2O3/c1-22(2)11-30-10-19(22)27-18-7-12(21(28)29-3)4-5-17(18)26-20(27)8-13-6-16(25)14(23)9-15(13)24/h4-7,9,19H,8,10-11H2,1-3H3/t19-/m1/s1. The summed E-state index contributed by atoms with van der Waals surface area (Å²) >= 11 is 3.01. The molecule has 0 radical (unpaired) electrons. The SMILES string of the molecule is COC(=O)c1ccc2nc(Cc3cc(F)c(Br)cc3F)n([C@@H]3COCC3(C)C)c2c1. The fraction of sp³-hybridized carbons (Fsp3) is 0.364. The summed E-state index contributed by atoms with van der Waals surface area (Å²) in [7, 11) is 1.33. The number of esters is 1. The molecule has 1 saturated heterocycles. The first-order chi connectivity index (χ1) is 14.2. The molecule has 1 aromatic heterocycles. The number of carbonyl (C=O) groups excluding carboxylic acids is 1. The summed E-state index contributed by atoms with van der Waals surface area (Å²) in [5.41, 5.74) is 1.80. The van der Waals surface area contributed by atoms with E-state index >= 15 is 0 Å². The monoisotopic (exact) mass is 478 g/mol. The number of imidazole rings is 1. The van der Waals surface area contributed by atoms with Gasteiger partial charge in [0.05, 0.1) is 47.4 Å². The fourth-order valence-electron chi connectivity index (χ4n) is 3.91. The number of carbonyl (C=O) groups is 1. The minimum Gasteiger partial charge on any atom is -0.465 e. The molecular formula is C22H21BrF2N2O3. The van der Waals surface area contributed by atoms with Crippen LogP contribution < -0.4 is 0 Å². The number of ether oxygens (including phenoxy) is 2. The van der Waals surface area contributed by atoms with E-state index in [9.17, 15) is 13.6 Å². The summed E-state index contributed by atoms with van der Waals surface area (Å²) in [6.45, 7) is 5.20. The van der Waals surface area contributed by atoms with Gasteiger partial charge in [-0.05, 0) is 51.8 Å². The Morgan fingerprint density at radius 1 is 1.30 bits per heavy atom. The topological polar surface area (TPSA) is 53.3 Å². The molecule has 5 nitrogen and oxygen atoms in total. The highest BCUT2D eigenvalue weighted by molar-refractivity contribution is 9.10. The molecule has 2 heterocycles. The van der Waals surface area contributed by atoms with Gasteiger partial charge >= 0.3 is 5.97 Å².